The number of hydrazine groups is 1. The maximum atomic E-state index is 12.7. The number of carbonyl (C=O) groups is 1. The average Bonchev–Trinajstić information content (AvgIpc) is 3.50. The van der Waals surface area contributed by atoms with E-state index in [0.717, 1.165) is 22.4 Å². The number of hydrogen-bond acceptors (Lipinski definition) is 9. The molecule has 1 aliphatic rings. The Hall–Kier alpha value is -4.64. The molecule has 4 aromatic rings. The zero-order chi connectivity index (χ0) is 30.2. The lowest BCUT2D eigenvalue weighted by molar-refractivity contribution is -0.119. The molecule has 0 bridgehead atoms. The van der Waals surface area contributed by atoms with Crippen molar-refractivity contribution < 1.29 is 19.2 Å². The van der Waals surface area contributed by atoms with Crippen molar-refractivity contribution in [3.63, 3.8) is 0 Å². The van der Waals surface area contributed by atoms with Crippen LogP contribution in [0.15, 0.2) is 89.6 Å². The van der Waals surface area contributed by atoms with E-state index in [1.165, 1.54) is 0 Å². The highest BCUT2D eigenvalue weighted by Gasteiger charge is 2.24. The third-order valence-electron chi connectivity index (χ3n) is 7.14. The van der Waals surface area contributed by atoms with E-state index in [2.05, 4.69) is 27.0 Å². The molecule has 3 aromatic carbocycles. The van der Waals surface area contributed by atoms with Crippen molar-refractivity contribution in [1.82, 2.24) is 25.4 Å². The van der Waals surface area contributed by atoms with E-state index < -0.39 is 5.91 Å². The minimum atomic E-state index is -0.425. The van der Waals surface area contributed by atoms with Gasteiger partial charge < -0.3 is 19.3 Å². The predicted molar refractivity (Wildman–Crippen MR) is 165 cm³/mol. The Balaban J connectivity index is 1.17. The normalized spacial score (nSPS) is 14.0. The van der Waals surface area contributed by atoms with Gasteiger partial charge in [0.1, 0.15) is 23.8 Å². The number of para-hydroxylation sites is 1. The van der Waals surface area contributed by atoms with Gasteiger partial charge in [-0.3, -0.25) is 15.1 Å². The third-order valence-corrected chi connectivity index (χ3v) is 7.39. The zero-order valence-electron chi connectivity index (χ0n) is 23.6. The van der Waals surface area contributed by atoms with E-state index in [9.17, 15) is 9.90 Å². The fraction of sp³-hybridized carbons (Fsp3) is 0.219. The molecule has 2 heterocycles. The molecule has 0 atom stereocenters. The monoisotopic (exact) mass is 600 g/mol. The molecule has 10 nitrogen and oxygen atoms in total. The third kappa shape index (κ3) is 7.61. The van der Waals surface area contributed by atoms with Gasteiger partial charge in [0.2, 0.25) is 11.7 Å². The topological polar surface area (TPSA) is 130 Å². The second-order valence-electron chi connectivity index (χ2n) is 10.1. The number of aromatic nitrogens is 2. The molecule has 1 aliphatic heterocycles. The van der Waals surface area contributed by atoms with Crippen molar-refractivity contribution in [3.05, 3.63) is 113 Å². The van der Waals surface area contributed by atoms with Crippen LogP contribution in [0.25, 0.3) is 17.5 Å². The number of benzene rings is 3. The summed E-state index contributed by atoms with van der Waals surface area (Å²) in [6, 6.07) is 20.5. The number of phenols is 1. The molecule has 1 saturated heterocycles. The highest BCUT2D eigenvalue weighted by Crippen LogP contribution is 2.27. The van der Waals surface area contributed by atoms with Crippen molar-refractivity contribution in [2.75, 3.05) is 26.2 Å². The van der Waals surface area contributed by atoms with Crippen LogP contribution in [0.5, 0.6) is 11.5 Å². The number of hydrogen-bond donors (Lipinski definition) is 3. The Morgan fingerprint density at radius 2 is 1.84 bits per heavy atom. The molecule has 0 unspecified atom stereocenters. The molecule has 5 rings (SSSR count). The molecule has 0 saturated carbocycles. The number of halogens is 1. The molecule has 1 aromatic heterocycles. The highest BCUT2D eigenvalue weighted by atomic mass is 35.5. The van der Waals surface area contributed by atoms with E-state index in [1.807, 2.05) is 53.4 Å². The summed E-state index contributed by atoms with van der Waals surface area (Å²) in [7, 11) is 0. The minimum absolute atomic E-state index is 0.122. The summed E-state index contributed by atoms with van der Waals surface area (Å²) in [5.41, 5.74) is 5.74. The van der Waals surface area contributed by atoms with Crippen LogP contribution in [0.4, 0.5) is 0 Å². The van der Waals surface area contributed by atoms with Gasteiger partial charge in [0.05, 0.1) is 6.54 Å². The first-order valence-electron chi connectivity index (χ1n) is 13.9. The first-order valence-corrected chi connectivity index (χ1v) is 14.2. The Morgan fingerprint density at radius 1 is 1.09 bits per heavy atom. The number of nitrogens with zero attached hydrogens (tertiary/aromatic N) is 4. The fourth-order valence-electron chi connectivity index (χ4n) is 4.79. The van der Waals surface area contributed by atoms with Crippen LogP contribution in [0.3, 0.4) is 0 Å². The van der Waals surface area contributed by atoms with E-state index in [1.54, 1.807) is 30.4 Å². The number of ether oxygens (including phenoxy) is 1. The van der Waals surface area contributed by atoms with Crippen LogP contribution in [0.1, 0.15) is 22.6 Å². The van der Waals surface area contributed by atoms with Gasteiger partial charge in [-0.2, -0.15) is 4.98 Å². The molecule has 1 fully saturated rings. The standard InChI is InChI=1S/C32H33ClN6O4/c1-2-4-23-5-3-6-25(30(23)40)19-28(32(41)36-34)39-17-15-38(16-18-39)20-29-35-31(37-43-29)24-9-7-22(8-10-24)21-42-27-13-11-26(33)12-14-27/h2-3,5-14,19,40H,1,4,15-18,20-21,34H2,(H,36,41). The SMILES string of the molecule is C=CCc1cccc(C=C(C(=O)NN)N2CCN(Cc3nc(-c4ccc(COc5ccc(Cl)cc5)cc4)no3)CC2)c1O. The molecule has 43 heavy (non-hydrogen) atoms. The maximum absolute atomic E-state index is 12.7. The van der Waals surface area contributed by atoms with Crippen LogP contribution in [-0.2, 0) is 24.4 Å². The van der Waals surface area contributed by atoms with Crippen molar-refractivity contribution in [3.8, 4) is 22.9 Å². The second kappa shape index (κ2) is 14.0. The lowest BCUT2D eigenvalue weighted by atomic mass is 10.0. The first kappa shape index (κ1) is 29.8. The Morgan fingerprint density at radius 3 is 2.53 bits per heavy atom. The molecule has 1 amide bonds. The predicted octanol–water partition coefficient (Wildman–Crippen LogP) is 4.55. The second-order valence-corrected chi connectivity index (χ2v) is 10.5. The summed E-state index contributed by atoms with van der Waals surface area (Å²) in [5.74, 6) is 6.96. The van der Waals surface area contributed by atoms with Gasteiger partial charge in [0.15, 0.2) is 0 Å². The van der Waals surface area contributed by atoms with Crippen LogP contribution < -0.4 is 16.0 Å². The summed E-state index contributed by atoms with van der Waals surface area (Å²) < 4.78 is 11.3. The van der Waals surface area contributed by atoms with Crippen molar-refractivity contribution in [2.24, 2.45) is 5.84 Å². The number of nitrogens with one attached hydrogen (secondary N) is 1. The molecule has 222 valence electrons. The van der Waals surface area contributed by atoms with Crippen LogP contribution >= 0.6 is 11.6 Å². The summed E-state index contributed by atoms with van der Waals surface area (Å²) in [6.07, 6.45) is 3.91. The molecular formula is C32H33ClN6O4. The number of carbonyl (C=O) groups excluding carboxylic acids is 1. The fourth-order valence-corrected chi connectivity index (χ4v) is 4.92. The van der Waals surface area contributed by atoms with Crippen molar-refractivity contribution >= 4 is 23.6 Å². The average molecular weight is 601 g/mol. The van der Waals surface area contributed by atoms with E-state index >= 15 is 0 Å². The quantitative estimate of drug-likeness (QED) is 0.0746. The van der Waals surface area contributed by atoms with Gasteiger partial charge in [-0.15, -0.1) is 6.58 Å². The Bertz CT molecular complexity index is 1580. The number of piperazine rings is 1. The van der Waals surface area contributed by atoms with E-state index in [0.29, 0.717) is 73.7 Å². The molecule has 11 heteroatoms. The molecule has 0 aliphatic carbocycles. The van der Waals surface area contributed by atoms with Gasteiger partial charge in [-0.05, 0) is 47.9 Å². The molecule has 0 radical (unpaired) electrons. The number of aromatic hydroxyl groups is 1. The minimum Gasteiger partial charge on any atom is -0.507 e. The van der Waals surface area contributed by atoms with Gasteiger partial charge >= 0.3 is 0 Å². The van der Waals surface area contributed by atoms with Crippen molar-refractivity contribution in [1.29, 1.82) is 0 Å². The van der Waals surface area contributed by atoms with Crippen LogP contribution in [0, 0.1) is 0 Å². The lowest BCUT2D eigenvalue weighted by Crippen LogP contribution is -2.48. The lowest BCUT2D eigenvalue weighted by Gasteiger charge is -2.36. The molecule has 4 N–H and O–H groups in total. The summed E-state index contributed by atoms with van der Waals surface area (Å²) in [5, 5.41) is 15.5. The summed E-state index contributed by atoms with van der Waals surface area (Å²) in [6.45, 7) is 7.13. The van der Waals surface area contributed by atoms with Crippen LogP contribution in [0.2, 0.25) is 5.02 Å². The van der Waals surface area contributed by atoms with E-state index in [-0.39, 0.29) is 5.75 Å². The van der Waals surface area contributed by atoms with Crippen LogP contribution in [-0.4, -0.2) is 57.1 Å². The number of rotatable bonds is 11. The van der Waals surface area contributed by atoms with E-state index in [4.69, 9.17) is 26.7 Å². The number of nitrogens with two attached hydrogens (primary N) is 1. The highest BCUT2D eigenvalue weighted by molar-refractivity contribution is 6.30. The first-order chi connectivity index (χ1) is 20.9. The zero-order valence-corrected chi connectivity index (χ0v) is 24.3. The maximum Gasteiger partial charge on any atom is 0.281 e. The number of allylic oxidation sites excluding steroid dienone is 1. The number of amides is 1. The Kier molecular flexibility index (Phi) is 9.73. The Labute approximate surface area is 255 Å². The molecular weight excluding hydrogens is 568 g/mol. The number of phenolic OH excluding ortho intramolecular Hbond substituents is 1. The van der Waals surface area contributed by atoms with Gasteiger partial charge in [-0.25, -0.2) is 5.84 Å². The van der Waals surface area contributed by atoms with Gasteiger partial charge in [-0.1, -0.05) is 65.3 Å². The van der Waals surface area contributed by atoms with Crippen molar-refractivity contribution in [2.45, 2.75) is 19.6 Å². The largest absolute Gasteiger partial charge is 0.507 e. The molecule has 0 spiro atoms. The van der Waals surface area contributed by atoms with Gasteiger partial charge in [0.25, 0.3) is 5.91 Å². The smallest absolute Gasteiger partial charge is 0.281 e. The summed E-state index contributed by atoms with van der Waals surface area (Å²) in [4.78, 5) is 21.4. The van der Waals surface area contributed by atoms with Gasteiger partial charge in [0, 0.05) is 42.3 Å². The summed E-state index contributed by atoms with van der Waals surface area (Å²) >= 11 is 5.93.